The van der Waals surface area contributed by atoms with Crippen molar-refractivity contribution in [1.29, 1.82) is 0 Å². The van der Waals surface area contributed by atoms with Crippen molar-refractivity contribution in [2.75, 3.05) is 12.4 Å². The number of anilines is 1. The first-order valence-corrected chi connectivity index (χ1v) is 9.50. The molecule has 0 bridgehead atoms. The quantitative estimate of drug-likeness (QED) is 0.589. The van der Waals surface area contributed by atoms with Gasteiger partial charge in [0.05, 0.1) is 13.2 Å². The van der Waals surface area contributed by atoms with E-state index in [0.717, 1.165) is 28.8 Å². The van der Waals surface area contributed by atoms with Crippen molar-refractivity contribution in [3.05, 3.63) is 65.4 Å². The molecule has 0 saturated carbocycles. The monoisotopic (exact) mass is 379 g/mol. The molecule has 0 aliphatic heterocycles. The van der Waals surface area contributed by atoms with E-state index >= 15 is 0 Å². The van der Waals surface area contributed by atoms with E-state index in [0.29, 0.717) is 5.11 Å². The van der Waals surface area contributed by atoms with Gasteiger partial charge in [-0.1, -0.05) is 25.1 Å². The Kier molecular flexibility index (Phi) is 5.91. The fourth-order valence-electron chi connectivity index (χ4n) is 3.14. The second-order valence-electron chi connectivity index (χ2n) is 6.62. The van der Waals surface area contributed by atoms with Crippen LogP contribution in [0.4, 0.5) is 5.69 Å². The summed E-state index contributed by atoms with van der Waals surface area (Å²) < 4.78 is 5.41. The maximum absolute atomic E-state index is 5.59. The molecule has 0 aliphatic carbocycles. The first-order valence-electron chi connectivity index (χ1n) is 9.10. The summed E-state index contributed by atoms with van der Waals surface area (Å²) in [6.45, 7) is 6.42. The Morgan fingerprint density at radius 3 is 2.67 bits per heavy atom. The lowest BCUT2D eigenvalue weighted by molar-refractivity contribution is 0.419. The van der Waals surface area contributed by atoms with Gasteiger partial charge in [0, 0.05) is 17.3 Å². The van der Waals surface area contributed by atoms with E-state index in [1.807, 2.05) is 24.3 Å². The topological polar surface area (TPSA) is 46.2 Å². The number of pyridine rings is 1. The summed E-state index contributed by atoms with van der Waals surface area (Å²) in [6, 6.07) is 14.5. The standard InChI is InChI=1S/C22H25N3OS/c1-5-18(16-9-8-14(2)15(3)13-16)24-22(27)25-19-10-11-20(26-4)21-17(19)7-6-12-23-21/h6-13,18H,5H2,1-4H3,(H2,24,25,27). The van der Waals surface area contributed by atoms with Crippen molar-refractivity contribution < 1.29 is 4.74 Å². The van der Waals surface area contributed by atoms with Crippen LogP contribution in [0.1, 0.15) is 36.1 Å². The fourth-order valence-corrected chi connectivity index (χ4v) is 3.39. The molecule has 1 heterocycles. The van der Waals surface area contributed by atoms with Crippen LogP contribution in [0.15, 0.2) is 48.7 Å². The van der Waals surface area contributed by atoms with E-state index in [9.17, 15) is 0 Å². The van der Waals surface area contributed by atoms with Gasteiger partial charge in [-0.2, -0.15) is 0 Å². The molecule has 0 saturated heterocycles. The number of hydrogen-bond donors (Lipinski definition) is 2. The first-order chi connectivity index (χ1) is 13.0. The Morgan fingerprint density at radius 1 is 1.15 bits per heavy atom. The van der Waals surface area contributed by atoms with Gasteiger partial charge in [0.2, 0.25) is 0 Å². The summed E-state index contributed by atoms with van der Waals surface area (Å²) in [5.74, 6) is 0.747. The number of nitrogens with one attached hydrogen (secondary N) is 2. The highest BCUT2D eigenvalue weighted by Gasteiger charge is 2.13. The van der Waals surface area contributed by atoms with Crippen molar-refractivity contribution in [3.8, 4) is 5.75 Å². The lowest BCUT2D eigenvalue weighted by atomic mass is 9.99. The van der Waals surface area contributed by atoms with E-state index in [2.05, 4.69) is 54.6 Å². The van der Waals surface area contributed by atoms with Crippen molar-refractivity contribution in [3.63, 3.8) is 0 Å². The molecule has 1 unspecified atom stereocenters. The number of benzene rings is 2. The van der Waals surface area contributed by atoms with Gasteiger partial charge in [-0.15, -0.1) is 0 Å². The molecule has 3 aromatic rings. The zero-order chi connectivity index (χ0) is 19.4. The van der Waals surface area contributed by atoms with E-state index in [1.54, 1.807) is 13.3 Å². The third-order valence-corrected chi connectivity index (χ3v) is 5.07. The minimum Gasteiger partial charge on any atom is -0.494 e. The molecule has 0 amide bonds. The number of nitrogens with zero attached hydrogens (tertiary/aromatic N) is 1. The maximum Gasteiger partial charge on any atom is 0.171 e. The van der Waals surface area contributed by atoms with Crippen molar-refractivity contribution in [2.24, 2.45) is 0 Å². The van der Waals surface area contributed by atoms with Crippen LogP contribution in [0.5, 0.6) is 5.75 Å². The molecule has 0 spiro atoms. The number of rotatable bonds is 5. The Hall–Kier alpha value is -2.66. The predicted octanol–water partition coefficient (Wildman–Crippen LogP) is 5.30. The van der Waals surface area contributed by atoms with Crippen molar-refractivity contribution >= 4 is 33.9 Å². The van der Waals surface area contributed by atoms with Crippen molar-refractivity contribution in [1.82, 2.24) is 10.3 Å². The second kappa shape index (κ2) is 8.35. The molecule has 27 heavy (non-hydrogen) atoms. The Bertz CT molecular complexity index is 971. The van der Waals surface area contributed by atoms with E-state index in [1.165, 1.54) is 16.7 Å². The number of fused-ring (bicyclic) bond motifs is 1. The summed E-state index contributed by atoms with van der Waals surface area (Å²) >= 11 is 5.59. The molecule has 2 N–H and O–H groups in total. The Morgan fingerprint density at radius 2 is 1.96 bits per heavy atom. The summed E-state index contributed by atoms with van der Waals surface area (Å²) in [5.41, 5.74) is 5.55. The number of thiocarbonyl (C=S) groups is 1. The molecular formula is C22H25N3OS. The molecule has 4 nitrogen and oxygen atoms in total. The van der Waals surface area contributed by atoms with Gasteiger partial charge in [-0.3, -0.25) is 4.98 Å². The minimum atomic E-state index is 0.159. The van der Waals surface area contributed by atoms with Crippen LogP contribution in [0.2, 0.25) is 0 Å². The molecule has 0 radical (unpaired) electrons. The van der Waals surface area contributed by atoms with Crippen LogP contribution in [0.25, 0.3) is 10.9 Å². The number of aromatic nitrogens is 1. The summed E-state index contributed by atoms with van der Waals surface area (Å²) in [5, 5.41) is 8.33. The molecule has 1 aromatic heterocycles. The molecule has 5 heteroatoms. The number of hydrogen-bond acceptors (Lipinski definition) is 3. The summed E-state index contributed by atoms with van der Waals surface area (Å²) in [4.78, 5) is 4.43. The van der Waals surface area contributed by atoms with Crippen LogP contribution in [-0.2, 0) is 0 Å². The molecular weight excluding hydrogens is 354 g/mol. The first kappa shape index (κ1) is 19.1. The highest BCUT2D eigenvalue weighted by atomic mass is 32.1. The van der Waals surface area contributed by atoms with Crippen LogP contribution >= 0.6 is 12.2 Å². The van der Waals surface area contributed by atoms with E-state index in [-0.39, 0.29) is 6.04 Å². The third kappa shape index (κ3) is 4.19. The van der Waals surface area contributed by atoms with Gasteiger partial charge in [0.1, 0.15) is 11.3 Å². The average Bonchev–Trinajstić information content (AvgIpc) is 2.68. The van der Waals surface area contributed by atoms with Gasteiger partial charge in [0.15, 0.2) is 5.11 Å². The van der Waals surface area contributed by atoms with E-state index < -0.39 is 0 Å². The normalized spacial score (nSPS) is 11.9. The Balaban J connectivity index is 1.81. The van der Waals surface area contributed by atoms with E-state index in [4.69, 9.17) is 17.0 Å². The zero-order valence-corrected chi connectivity index (χ0v) is 17.0. The van der Waals surface area contributed by atoms with Gasteiger partial charge in [-0.05, 0) is 73.4 Å². The van der Waals surface area contributed by atoms with Gasteiger partial charge in [0.25, 0.3) is 0 Å². The SMILES string of the molecule is CCC(NC(=S)Nc1ccc(OC)c2ncccc12)c1ccc(C)c(C)c1. The summed E-state index contributed by atoms with van der Waals surface area (Å²) in [7, 11) is 1.65. The predicted molar refractivity (Wildman–Crippen MR) is 117 cm³/mol. The highest BCUT2D eigenvalue weighted by Crippen LogP contribution is 2.30. The molecule has 140 valence electrons. The average molecular weight is 380 g/mol. The van der Waals surface area contributed by atoms with Crippen LogP contribution in [0, 0.1) is 13.8 Å². The van der Waals surface area contributed by atoms with Crippen LogP contribution < -0.4 is 15.4 Å². The van der Waals surface area contributed by atoms with Crippen LogP contribution in [-0.4, -0.2) is 17.2 Å². The summed E-state index contributed by atoms with van der Waals surface area (Å²) in [6.07, 6.45) is 2.70. The molecule has 1 atom stereocenters. The largest absolute Gasteiger partial charge is 0.494 e. The van der Waals surface area contributed by atoms with Crippen molar-refractivity contribution in [2.45, 2.75) is 33.2 Å². The molecule has 2 aromatic carbocycles. The smallest absolute Gasteiger partial charge is 0.171 e. The number of ether oxygens (including phenoxy) is 1. The van der Waals surface area contributed by atoms with Gasteiger partial charge in [-0.25, -0.2) is 0 Å². The second-order valence-corrected chi connectivity index (χ2v) is 7.03. The number of aryl methyl sites for hydroxylation is 2. The molecule has 3 rings (SSSR count). The molecule has 0 fully saturated rings. The maximum atomic E-state index is 5.59. The lowest BCUT2D eigenvalue weighted by Gasteiger charge is -2.21. The van der Waals surface area contributed by atoms with Crippen LogP contribution in [0.3, 0.4) is 0 Å². The molecule has 0 aliphatic rings. The number of methoxy groups -OCH3 is 1. The highest BCUT2D eigenvalue weighted by molar-refractivity contribution is 7.80. The Labute approximate surface area is 166 Å². The fraction of sp³-hybridized carbons (Fsp3) is 0.273. The zero-order valence-electron chi connectivity index (χ0n) is 16.2. The third-order valence-electron chi connectivity index (χ3n) is 4.85. The van der Waals surface area contributed by atoms with Gasteiger partial charge < -0.3 is 15.4 Å². The minimum absolute atomic E-state index is 0.159. The lowest BCUT2D eigenvalue weighted by Crippen LogP contribution is -2.32. The van der Waals surface area contributed by atoms with Gasteiger partial charge >= 0.3 is 0 Å².